The van der Waals surface area contributed by atoms with E-state index in [9.17, 15) is 9.59 Å². The SMILES string of the molecule is CC(NC(=O)CON=C1CCN(C(=O)C2CCCO2)CC1)C1CC2CCC1C2. The number of ether oxygens (including phenoxy) is 1. The van der Waals surface area contributed by atoms with Gasteiger partial charge in [-0.25, -0.2) is 0 Å². The predicted octanol–water partition coefficient (Wildman–Crippen LogP) is 2.10. The molecular weight excluding hydrogens is 358 g/mol. The summed E-state index contributed by atoms with van der Waals surface area (Å²) < 4.78 is 5.48. The van der Waals surface area contributed by atoms with E-state index < -0.39 is 0 Å². The molecule has 2 heterocycles. The number of hydrogen-bond donors (Lipinski definition) is 1. The third-order valence-electron chi connectivity index (χ3n) is 7.07. The van der Waals surface area contributed by atoms with Crippen LogP contribution in [0.5, 0.6) is 0 Å². The standard InChI is InChI=1S/C21H33N3O4/c1-14(18-12-15-4-5-16(18)11-15)22-20(25)13-28-23-17-6-8-24(9-7-17)21(26)19-3-2-10-27-19/h14-16,18-19H,2-13H2,1H3,(H,22,25). The number of fused-ring (bicyclic) bond motifs is 2. The molecule has 156 valence electrons. The van der Waals surface area contributed by atoms with Crippen LogP contribution in [-0.4, -0.2) is 60.9 Å². The van der Waals surface area contributed by atoms with Crippen LogP contribution in [0, 0.1) is 17.8 Å². The maximum atomic E-state index is 12.3. The predicted molar refractivity (Wildman–Crippen MR) is 105 cm³/mol. The Morgan fingerprint density at radius 2 is 2.07 bits per heavy atom. The highest BCUT2D eigenvalue weighted by atomic mass is 16.6. The van der Waals surface area contributed by atoms with Crippen molar-refractivity contribution in [3.05, 3.63) is 0 Å². The Labute approximate surface area is 167 Å². The number of hydrogen-bond acceptors (Lipinski definition) is 5. The molecule has 0 aromatic carbocycles. The average molecular weight is 392 g/mol. The first-order chi connectivity index (χ1) is 13.6. The minimum absolute atomic E-state index is 0.0345. The monoisotopic (exact) mass is 391 g/mol. The van der Waals surface area contributed by atoms with Gasteiger partial charge in [-0.1, -0.05) is 11.6 Å². The molecule has 0 spiro atoms. The highest BCUT2D eigenvalue weighted by Crippen LogP contribution is 2.49. The highest BCUT2D eigenvalue weighted by molar-refractivity contribution is 5.88. The number of piperidine rings is 1. The van der Waals surface area contributed by atoms with E-state index in [0.717, 1.165) is 30.4 Å². The lowest BCUT2D eigenvalue weighted by molar-refractivity contribution is -0.141. The van der Waals surface area contributed by atoms with Gasteiger partial charge in [0.05, 0.1) is 5.71 Å². The summed E-state index contributed by atoms with van der Waals surface area (Å²) in [4.78, 5) is 31.7. The van der Waals surface area contributed by atoms with Gasteiger partial charge >= 0.3 is 0 Å². The lowest BCUT2D eigenvalue weighted by atomic mass is 9.84. The number of oxime groups is 1. The molecule has 7 heteroatoms. The molecule has 2 saturated carbocycles. The number of nitrogens with one attached hydrogen (secondary N) is 1. The molecule has 0 radical (unpaired) electrons. The lowest BCUT2D eigenvalue weighted by Crippen LogP contribution is -2.44. The molecule has 4 rings (SSSR count). The van der Waals surface area contributed by atoms with E-state index >= 15 is 0 Å². The number of amides is 2. The largest absolute Gasteiger partial charge is 0.386 e. The molecule has 2 aliphatic carbocycles. The molecule has 2 aliphatic heterocycles. The van der Waals surface area contributed by atoms with Gasteiger partial charge in [0.2, 0.25) is 0 Å². The number of likely N-dealkylation sites (tertiary alicyclic amines) is 1. The van der Waals surface area contributed by atoms with Crippen molar-refractivity contribution in [1.29, 1.82) is 0 Å². The third-order valence-corrected chi connectivity index (χ3v) is 7.07. The van der Waals surface area contributed by atoms with Crippen LogP contribution in [0.3, 0.4) is 0 Å². The van der Waals surface area contributed by atoms with Crippen molar-refractivity contribution in [1.82, 2.24) is 10.2 Å². The second kappa shape index (κ2) is 8.80. The summed E-state index contributed by atoms with van der Waals surface area (Å²) in [6.45, 7) is 4.07. The van der Waals surface area contributed by atoms with Crippen molar-refractivity contribution < 1.29 is 19.2 Å². The molecular formula is C21H33N3O4. The van der Waals surface area contributed by atoms with Crippen LogP contribution in [0.1, 0.15) is 58.3 Å². The molecule has 2 bridgehead atoms. The second-order valence-corrected chi connectivity index (χ2v) is 8.95. The van der Waals surface area contributed by atoms with Crippen molar-refractivity contribution in [2.75, 3.05) is 26.3 Å². The summed E-state index contributed by atoms with van der Waals surface area (Å²) in [5.74, 6) is 2.32. The summed E-state index contributed by atoms with van der Waals surface area (Å²) in [7, 11) is 0. The van der Waals surface area contributed by atoms with Crippen LogP contribution in [0.2, 0.25) is 0 Å². The maximum absolute atomic E-state index is 12.3. The minimum Gasteiger partial charge on any atom is -0.386 e. The first kappa shape index (κ1) is 19.7. The number of nitrogens with zero attached hydrogens (tertiary/aromatic N) is 2. The van der Waals surface area contributed by atoms with Crippen molar-refractivity contribution in [2.24, 2.45) is 22.9 Å². The van der Waals surface area contributed by atoms with Gasteiger partial charge in [-0.2, -0.15) is 0 Å². The molecule has 5 atom stereocenters. The fourth-order valence-electron chi connectivity index (χ4n) is 5.54. The fourth-order valence-corrected chi connectivity index (χ4v) is 5.54. The quantitative estimate of drug-likeness (QED) is 0.703. The normalized spacial score (nSPS) is 33.0. The number of rotatable bonds is 6. The smallest absolute Gasteiger partial charge is 0.260 e. The highest BCUT2D eigenvalue weighted by Gasteiger charge is 2.42. The van der Waals surface area contributed by atoms with Gasteiger partial charge in [0.15, 0.2) is 6.61 Å². The second-order valence-electron chi connectivity index (χ2n) is 8.95. The van der Waals surface area contributed by atoms with Crippen LogP contribution in [0.4, 0.5) is 0 Å². The van der Waals surface area contributed by atoms with E-state index in [1.54, 1.807) is 0 Å². The first-order valence-electron chi connectivity index (χ1n) is 11.0. The third kappa shape index (κ3) is 4.50. The van der Waals surface area contributed by atoms with Gasteiger partial charge in [0.25, 0.3) is 11.8 Å². The topological polar surface area (TPSA) is 80.2 Å². The van der Waals surface area contributed by atoms with Crippen LogP contribution < -0.4 is 5.32 Å². The van der Waals surface area contributed by atoms with Gasteiger partial charge < -0.3 is 19.8 Å². The van der Waals surface area contributed by atoms with E-state index in [1.165, 1.54) is 25.7 Å². The summed E-state index contributed by atoms with van der Waals surface area (Å²) in [5.41, 5.74) is 0.922. The van der Waals surface area contributed by atoms with Gasteiger partial charge in [0, 0.05) is 38.6 Å². The molecule has 4 aliphatic rings. The summed E-state index contributed by atoms with van der Waals surface area (Å²) in [6.07, 6.45) is 8.24. The van der Waals surface area contributed by atoms with Crippen LogP contribution >= 0.6 is 0 Å². The Morgan fingerprint density at radius 1 is 1.25 bits per heavy atom. The van der Waals surface area contributed by atoms with Gasteiger partial charge in [-0.15, -0.1) is 0 Å². The Kier molecular flexibility index (Phi) is 6.19. The van der Waals surface area contributed by atoms with Crippen LogP contribution in [0.15, 0.2) is 5.16 Å². The molecule has 4 fully saturated rings. The lowest BCUT2D eigenvalue weighted by Gasteiger charge is -2.29. The number of carbonyl (C=O) groups excluding carboxylic acids is 2. The summed E-state index contributed by atoms with van der Waals surface area (Å²) in [6, 6.07) is 0.214. The van der Waals surface area contributed by atoms with Crippen molar-refractivity contribution in [3.63, 3.8) is 0 Å². The maximum Gasteiger partial charge on any atom is 0.260 e. The van der Waals surface area contributed by atoms with E-state index in [0.29, 0.717) is 38.5 Å². The molecule has 2 saturated heterocycles. The zero-order chi connectivity index (χ0) is 19.5. The van der Waals surface area contributed by atoms with E-state index in [4.69, 9.17) is 9.57 Å². The molecule has 28 heavy (non-hydrogen) atoms. The van der Waals surface area contributed by atoms with Crippen molar-refractivity contribution in [3.8, 4) is 0 Å². The molecule has 1 N–H and O–H groups in total. The van der Waals surface area contributed by atoms with E-state index in [2.05, 4.69) is 17.4 Å². The fraction of sp³-hybridized carbons (Fsp3) is 0.857. The first-order valence-corrected chi connectivity index (χ1v) is 11.0. The Bertz CT molecular complexity index is 607. The zero-order valence-corrected chi connectivity index (χ0v) is 16.9. The van der Waals surface area contributed by atoms with Gasteiger partial charge in [-0.3, -0.25) is 9.59 Å². The van der Waals surface area contributed by atoms with Gasteiger partial charge in [0.1, 0.15) is 6.10 Å². The minimum atomic E-state index is -0.254. The van der Waals surface area contributed by atoms with Crippen molar-refractivity contribution >= 4 is 17.5 Å². The van der Waals surface area contributed by atoms with E-state index in [1.807, 2.05) is 4.90 Å². The van der Waals surface area contributed by atoms with Crippen LogP contribution in [0.25, 0.3) is 0 Å². The average Bonchev–Trinajstić information content (AvgIpc) is 3.46. The van der Waals surface area contributed by atoms with Crippen molar-refractivity contribution in [2.45, 2.75) is 70.4 Å². The Hall–Kier alpha value is -1.63. The zero-order valence-electron chi connectivity index (χ0n) is 16.9. The summed E-state index contributed by atoms with van der Waals surface area (Å²) in [5, 5.41) is 7.24. The summed E-state index contributed by atoms with van der Waals surface area (Å²) >= 11 is 0. The molecule has 5 unspecified atom stereocenters. The number of carbonyl (C=O) groups is 2. The molecule has 2 amide bonds. The van der Waals surface area contributed by atoms with Crippen LogP contribution in [-0.2, 0) is 19.2 Å². The molecule has 7 nitrogen and oxygen atoms in total. The molecule has 0 aromatic heterocycles. The van der Waals surface area contributed by atoms with E-state index in [-0.39, 0.29) is 30.6 Å². The molecule has 0 aromatic rings. The van der Waals surface area contributed by atoms with Gasteiger partial charge in [-0.05, 0) is 56.8 Å². The Balaban J connectivity index is 1.14. The Morgan fingerprint density at radius 3 is 2.71 bits per heavy atom.